The molecule has 2 amide bonds. The van der Waals surface area contributed by atoms with E-state index in [4.69, 9.17) is 4.74 Å². The van der Waals surface area contributed by atoms with Gasteiger partial charge in [0.15, 0.2) is 6.10 Å². The fourth-order valence-corrected chi connectivity index (χ4v) is 3.17. The zero-order chi connectivity index (χ0) is 18.7. The summed E-state index contributed by atoms with van der Waals surface area (Å²) in [5, 5.41) is 3.05. The van der Waals surface area contributed by atoms with Gasteiger partial charge in [-0.05, 0) is 45.7 Å². The van der Waals surface area contributed by atoms with Crippen LogP contribution in [0.25, 0.3) is 0 Å². The molecule has 1 heterocycles. The van der Waals surface area contributed by atoms with Crippen LogP contribution in [-0.4, -0.2) is 66.0 Å². The first-order valence-electron chi connectivity index (χ1n) is 9.50. The Bertz CT molecular complexity index is 634. The van der Waals surface area contributed by atoms with E-state index in [1.54, 1.807) is 6.92 Å². The minimum atomic E-state index is -0.514. The summed E-state index contributed by atoms with van der Waals surface area (Å²) in [6.45, 7) is 8.43. The highest BCUT2D eigenvalue weighted by molar-refractivity contribution is 5.82. The number of piperazine rings is 1. The van der Waals surface area contributed by atoms with Crippen LogP contribution < -0.4 is 10.1 Å². The summed E-state index contributed by atoms with van der Waals surface area (Å²) in [5.41, 5.74) is 1.16. The van der Waals surface area contributed by atoms with Crippen molar-refractivity contribution in [2.24, 2.45) is 0 Å². The summed E-state index contributed by atoms with van der Waals surface area (Å²) in [6.07, 6.45) is 1.68. The Hall–Kier alpha value is -2.08. The van der Waals surface area contributed by atoms with Crippen molar-refractivity contribution in [2.75, 3.05) is 26.2 Å². The van der Waals surface area contributed by atoms with Crippen molar-refractivity contribution >= 4 is 11.8 Å². The molecule has 1 N–H and O–H groups in total. The van der Waals surface area contributed by atoms with E-state index < -0.39 is 6.10 Å². The van der Waals surface area contributed by atoms with Crippen molar-refractivity contribution in [3.63, 3.8) is 0 Å². The maximum absolute atomic E-state index is 12.6. The number of carbonyl (C=O) groups excluding carboxylic acids is 2. The van der Waals surface area contributed by atoms with Gasteiger partial charge in [-0.3, -0.25) is 14.5 Å². The number of hydrogen-bond acceptors (Lipinski definition) is 4. The van der Waals surface area contributed by atoms with Crippen molar-refractivity contribution in [3.05, 3.63) is 29.8 Å². The summed E-state index contributed by atoms with van der Waals surface area (Å²) in [4.78, 5) is 28.8. The Labute approximate surface area is 155 Å². The molecule has 2 fully saturated rings. The van der Waals surface area contributed by atoms with Crippen LogP contribution in [0.2, 0.25) is 0 Å². The number of nitrogens with one attached hydrogen (secondary N) is 1. The highest BCUT2D eigenvalue weighted by atomic mass is 16.5. The molecule has 0 bridgehead atoms. The van der Waals surface area contributed by atoms with Crippen molar-refractivity contribution in [2.45, 2.75) is 51.8 Å². The van der Waals surface area contributed by atoms with E-state index in [2.05, 4.69) is 10.2 Å². The molecule has 2 unspecified atom stereocenters. The lowest BCUT2D eigenvalue weighted by Gasteiger charge is -2.38. The van der Waals surface area contributed by atoms with Crippen molar-refractivity contribution in [1.82, 2.24) is 15.1 Å². The van der Waals surface area contributed by atoms with Crippen molar-refractivity contribution in [3.8, 4) is 5.75 Å². The van der Waals surface area contributed by atoms with Gasteiger partial charge in [0.2, 0.25) is 5.91 Å². The van der Waals surface area contributed by atoms with Gasteiger partial charge in [0.1, 0.15) is 5.75 Å². The third kappa shape index (κ3) is 4.75. The Kier molecular flexibility index (Phi) is 5.81. The third-order valence-corrected chi connectivity index (χ3v) is 5.16. The second-order valence-electron chi connectivity index (χ2n) is 7.39. The zero-order valence-corrected chi connectivity index (χ0v) is 15.9. The van der Waals surface area contributed by atoms with Gasteiger partial charge in [0.25, 0.3) is 5.91 Å². The van der Waals surface area contributed by atoms with Gasteiger partial charge in [0, 0.05) is 32.2 Å². The summed E-state index contributed by atoms with van der Waals surface area (Å²) in [7, 11) is 0. The first kappa shape index (κ1) is 18.7. The molecule has 3 rings (SSSR count). The van der Waals surface area contributed by atoms with E-state index in [0.717, 1.165) is 18.4 Å². The van der Waals surface area contributed by atoms with Crippen LogP contribution in [0.4, 0.5) is 0 Å². The number of carbonyl (C=O) groups is 2. The Morgan fingerprint density at radius 3 is 2.27 bits per heavy atom. The Balaban J connectivity index is 1.46. The molecular formula is C20H29N3O3. The third-order valence-electron chi connectivity index (χ3n) is 5.16. The largest absolute Gasteiger partial charge is 0.481 e. The van der Waals surface area contributed by atoms with Crippen LogP contribution >= 0.6 is 0 Å². The molecule has 0 spiro atoms. The zero-order valence-electron chi connectivity index (χ0n) is 15.9. The average molecular weight is 359 g/mol. The predicted molar refractivity (Wildman–Crippen MR) is 100 cm³/mol. The van der Waals surface area contributed by atoms with Crippen molar-refractivity contribution in [1.29, 1.82) is 0 Å². The van der Waals surface area contributed by atoms with Gasteiger partial charge in [-0.1, -0.05) is 17.7 Å². The summed E-state index contributed by atoms with van der Waals surface area (Å²) in [5.74, 6) is 0.809. The molecule has 6 nitrogen and oxygen atoms in total. The molecule has 1 aliphatic carbocycles. The molecule has 1 aromatic rings. The molecule has 0 radical (unpaired) electrons. The fourth-order valence-electron chi connectivity index (χ4n) is 3.17. The fraction of sp³-hybridized carbons (Fsp3) is 0.600. The summed E-state index contributed by atoms with van der Waals surface area (Å²) in [6, 6.07) is 7.95. The van der Waals surface area contributed by atoms with E-state index in [-0.39, 0.29) is 17.9 Å². The van der Waals surface area contributed by atoms with Gasteiger partial charge in [-0.25, -0.2) is 0 Å². The van der Waals surface area contributed by atoms with Gasteiger partial charge in [-0.15, -0.1) is 0 Å². The molecule has 1 saturated heterocycles. The molecular weight excluding hydrogens is 330 g/mol. The van der Waals surface area contributed by atoms with Gasteiger partial charge in [0.05, 0.1) is 6.04 Å². The minimum Gasteiger partial charge on any atom is -0.481 e. The molecule has 1 saturated carbocycles. The minimum absolute atomic E-state index is 0.000287. The quantitative estimate of drug-likeness (QED) is 0.838. The normalized spacial score (nSPS) is 20.3. The van der Waals surface area contributed by atoms with E-state index >= 15 is 0 Å². The lowest BCUT2D eigenvalue weighted by atomic mass is 10.2. The maximum Gasteiger partial charge on any atom is 0.263 e. The highest BCUT2D eigenvalue weighted by Gasteiger charge is 2.32. The number of rotatable bonds is 6. The topological polar surface area (TPSA) is 61.9 Å². The second-order valence-corrected chi connectivity index (χ2v) is 7.39. The first-order valence-corrected chi connectivity index (χ1v) is 9.50. The van der Waals surface area contributed by atoms with Crippen LogP contribution in [0.1, 0.15) is 32.3 Å². The van der Waals surface area contributed by atoms with E-state index in [1.165, 1.54) is 0 Å². The Morgan fingerprint density at radius 1 is 1.08 bits per heavy atom. The van der Waals surface area contributed by atoms with Crippen LogP contribution in [-0.2, 0) is 9.59 Å². The van der Waals surface area contributed by atoms with Gasteiger partial charge >= 0.3 is 0 Å². The SMILES string of the molecule is Cc1ccc(OC(C)C(=O)N2CCN(C(C)C(=O)NC3CC3)CC2)cc1. The molecule has 2 aliphatic rings. The molecule has 142 valence electrons. The second kappa shape index (κ2) is 8.08. The summed E-state index contributed by atoms with van der Waals surface area (Å²) >= 11 is 0. The van der Waals surface area contributed by atoms with Crippen LogP contribution in [0.15, 0.2) is 24.3 Å². The Morgan fingerprint density at radius 2 is 1.69 bits per heavy atom. The van der Waals surface area contributed by atoms with Crippen molar-refractivity contribution < 1.29 is 14.3 Å². The molecule has 2 atom stereocenters. The molecule has 1 aliphatic heterocycles. The van der Waals surface area contributed by atoms with Crippen LogP contribution in [0.5, 0.6) is 5.75 Å². The number of amides is 2. The first-order chi connectivity index (χ1) is 12.4. The standard InChI is InChI=1S/C20H29N3O3/c1-14-4-8-18(9-5-14)26-16(3)20(25)23-12-10-22(11-13-23)15(2)19(24)21-17-6-7-17/h4-5,8-9,15-17H,6-7,10-13H2,1-3H3,(H,21,24). The van der Waals surface area contributed by atoms with Gasteiger partial charge < -0.3 is 15.0 Å². The molecule has 1 aromatic carbocycles. The lowest BCUT2D eigenvalue weighted by molar-refractivity contribution is -0.140. The number of aryl methyl sites for hydroxylation is 1. The predicted octanol–water partition coefficient (Wildman–Crippen LogP) is 1.57. The average Bonchev–Trinajstić information content (AvgIpc) is 3.46. The molecule has 6 heteroatoms. The van der Waals surface area contributed by atoms with E-state index in [1.807, 2.05) is 43.0 Å². The number of hydrogen-bond donors (Lipinski definition) is 1. The summed E-state index contributed by atoms with van der Waals surface area (Å²) < 4.78 is 5.78. The molecule has 0 aromatic heterocycles. The lowest BCUT2D eigenvalue weighted by Crippen LogP contribution is -2.56. The van der Waals surface area contributed by atoms with Crippen LogP contribution in [0, 0.1) is 6.92 Å². The highest BCUT2D eigenvalue weighted by Crippen LogP contribution is 2.19. The van der Waals surface area contributed by atoms with E-state index in [9.17, 15) is 9.59 Å². The van der Waals surface area contributed by atoms with E-state index in [0.29, 0.717) is 38.0 Å². The number of ether oxygens (including phenoxy) is 1. The number of benzene rings is 1. The van der Waals surface area contributed by atoms with Crippen LogP contribution in [0.3, 0.4) is 0 Å². The monoisotopic (exact) mass is 359 g/mol. The smallest absolute Gasteiger partial charge is 0.263 e. The maximum atomic E-state index is 12.6. The van der Waals surface area contributed by atoms with Gasteiger partial charge in [-0.2, -0.15) is 0 Å². The molecule has 26 heavy (non-hydrogen) atoms. The number of nitrogens with zero attached hydrogens (tertiary/aromatic N) is 2.